The molecule has 0 aromatic heterocycles. The van der Waals surface area contributed by atoms with Crippen LogP contribution < -0.4 is 10.1 Å². The van der Waals surface area contributed by atoms with Gasteiger partial charge in [-0.25, -0.2) is 4.39 Å². The standard InChI is InChI=1S/C27H28FNO/c1-30-25-15-9-8-14-22(25)27(28)17-16-26(20-10-4-2-5-11-20,21-12-6-3-7-13-21)23-18-29-19-24(23)27/h2-15,23-24,29H,16-19H2,1H3/t23-,24+,27+/m0/s1. The van der Waals surface area contributed by atoms with Crippen molar-refractivity contribution in [1.29, 1.82) is 0 Å². The Bertz CT molecular complexity index is 966. The summed E-state index contributed by atoms with van der Waals surface area (Å²) in [6.45, 7) is 1.50. The Kier molecular flexibility index (Phi) is 4.86. The fourth-order valence-corrected chi connectivity index (χ4v) is 6.10. The molecule has 0 bridgehead atoms. The van der Waals surface area contributed by atoms with E-state index >= 15 is 4.39 Å². The zero-order valence-electron chi connectivity index (χ0n) is 17.4. The summed E-state index contributed by atoms with van der Waals surface area (Å²) < 4.78 is 22.5. The van der Waals surface area contributed by atoms with Crippen molar-refractivity contribution in [3.63, 3.8) is 0 Å². The van der Waals surface area contributed by atoms with E-state index in [2.05, 4.69) is 66.0 Å². The zero-order valence-corrected chi connectivity index (χ0v) is 17.4. The number of para-hydroxylation sites is 1. The molecule has 1 heterocycles. The first kappa shape index (κ1) is 19.3. The number of halogens is 1. The van der Waals surface area contributed by atoms with E-state index in [4.69, 9.17) is 4.74 Å². The Labute approximate surface area is 178 Å². The lowest BCUT2D eigenvalue weighted by Gasteiger charge is -2.52. The lowest BCUT2D eigenvalue weighted by atomic mass is 9.52. The first-order chi connectivity index (χ1) is 14.7. The fraction of sp³-hybridized carbons (Fsp3) is 0.333. The second-order valence-corrected chi connectivity index (χ2v) is 8.64. The van der Waals surface area contributed by atoms with Gasteiger partial charge in [0.2, 0.25) is 0 Å². The Morgan fingerprint density at radius 1 is 0.767 bits per heavy atom. The van der Waals surface area contributed by atoms with Crippen molar-refractivity contribution in [3.05, 3.63) is 102 Å². The minimum absolute atomic E-state index is 0.122. The molecular weight excluding hydrogens is 373 g/mol. The number of rotatable bonds is 4. The number of fused-ring (bicyclic) bond motifs is 1. The summed E-state index contributed by atoms with van der Waals surface area (Å²) in [5.41, 5.74) is 1.66. The molecule has 1 saturated heterocycles. The van der Waals surface area contributed by atoms with Crippen LogP contribution in [-0.2, 0) is 11.1 Å². The van der Waals surface area contributed by atoms with Crippen LogP contribution in [0.5, 0.6) is 5.75 Å². The Hall–Kier alpha value is -2.65. The topological polar surface area (TPSA) is 21.3 Å². The summed E-state index contributed by atoms with van der Waals surface area (Å²) >= 11 is 0. The summed E-state index contributed by atoms with van der Waals surface area (Å²) in [6.07, 6.45) is 1.23. The quantitative estimate of drug-likeness (QED) is 0.625. The van der Waals surface area contributed by atoms with Gasteiger partial charge in [0.05, 0.1) is 7.11 Å². The molecule has 1 aliphatic heterocycles. The van der Waals surface area contributed by atoms with Crippen molar-refractivity contribution in [2.75, 3.05) is 20.2 Å². The van der Waals surface area contributed by atoms with Crippen LogP contribution in [0, 0.1) is 11.8 Å². The molecule has 0 amide bonds. The summed E-state index contributed by atoms with van der Waals surface area (Å²) in [6, 6.07) is 29.0. The van der Waals surface area contributed by atoms with E-state index < -0.39 is 5.67 Å². The van der Waals surface area contributed by atoms with Crippen LogP contribution in [-0.4, -0.2) is 20.2 Å². The normalized spacial score (nSPS) is 27.4. The highest BCUT2D eigenvalue weighted by molar-refractivity contribution is 5.46. The molecule has 2 fully saturated rings. The molecule has 0 unspecified atom stereocenters. The predicted molar refractivity (Wildman–Crippen MR) is 119 cm³/mol. The minimum Gasteiger partial charge on any atom is -0.496 e. The van der Waals surface area contributed by atoms with E-state index in [9.17, 15) is 0 Å². The molecule has 154 valence electrons. The van der Waals surface area contributed by atoms with Crippen molar-refractivity contribution >= 4 is 0 Å². The maximum atomic E-state index is 17.0. The van der Waals surface area contributed by atoms with E-state index in [1.807, 2.05) is 24.3 Å². The van der Waals surface area contributed by atoms with Crippen molar-refractivity contribution < 1.29 is 9.13 Å². The highest BCUT2D eigenvalue weighted by Crippen LogP contribution is 2.60. The lowest BCUT2D eigenvalue weighted by molar-refractivity contribution is -0.0137. The maximum absolute atomic E-state index is 17.0. The first-order valence-corrected chi connectivity index (χ1v) is 10.8. The van der Waals surface area contributed by atoms with Crippen molar-refractivity contribution in [2.24, 2.45) is 11.8 Å². The van der Waals surface area contributed by atoms with E-state index in [0.29, 0.717) is 24.3 Å². The summed E-state index contributed by atoms with van der Waals surface area (Å²) in [4.78, 5) is 0. The second kappa shape index (κ2) is 7.55. The number of alkyl halides is 1. The number of ether oxygens (including phenoxy) is 1. The van der Waals surface area contributed by atoms with Crippen LogP contribution in [0.1, 0.15) is 29.5 Å². The number of hydrogen-bond donors (Lipinski definition) is 1. The van der Waals surface area contributed by atoms with Crippen LogP contribution in [0.15, 0.2) is 84.9 Å². The molecule has 3 atom stereocenters. The van der Waals surface area contributed by atoms with Gasteiger partial charge in [-0.3, -0.25) is 0 Å². The van der Waals surface area contributed by atoms with Gasteiger partial charge < -0.3 is 10.1 Å². The molecule has 30 heavy (non-hydrogen) atoms. The molecule has 3 aromatic carbocycles. The number of benzene rings is 3. The van der Waals surface area contributed by atoms with Crippen LogP contribution in [0.3, 0.4) is 0 Å². The minimum atomic E-state index is -1.41. The number of methoxy groups -OCH3 is 1. The van der Waals surface area contributed by atoms with Gasteiger partial charge in [0, 0.05) is 23.4 Å². The predicted octanol–water partition coefficient (Wildman–Crippen LogP) is 5.48. The number of hydrogen-bond acceptors (Lipinski definition) is 2. The highest BCUT2D eigenvalue weighted by Gasteiger charge is 2.60. The molecular formula is C27H28FNO. The van der Waals surface area contributed by atoms with Crippen molar-refractivity contribution in [1.82, 2.24) is 5.32 Å². The second-order valence-electron chi connectivity index (χ2n) is 8.64. The first-order valence-electron chi connectivity index (χ1n) is 10.8. The van der Waals surface area contributed by atoms with Gasteiger partial charge in [-0.05, 0) is 42.5 Å². The molecule has 1 aliphatic carbocycles. The zero-order chi connectivity index (χ0) is 20.6. The van der Waals surface area contributed by atoms with E-state index in [1.54, 1.807) is 7.11 Å². The van der Waals surface area contributed by atoms with E-state index in [1.165, 1.54) is 11.1 Å². The molecule has 3 heteroatoms. The molecule has 1 N–H and O–H groups in total. The van der Waals surface area contributed by atoms with Gasteiger partial charge >= 0.3 is 0 Å². The molecule has 0 spiro atoms. The average Bonchev–Trinajstić information content (AvgIpc) is 3.33. The fourth-order valence-electron chi connectivity index (χ4n) is 6.10. The summed E-state index contributed by atoms with van der Waals surface area (Å²) in [5, 5.41) is 3.54. The molecule has 2 aliphatic rings. The highest BCUT2D eigenvalue weighted by atomic mass is 19.1. The Balaban J connectivity index is 1.67. The third-order valence-electron chi connectivity index (χ3n) is 7.45. The monoisotopic (exact) mass is 401 g/mol. The maximum Gasteiger partial charge on any atom is 0.144 e. The molecule has 2 nitrogen and oxygen atoms in total. The van der Waals surface area contributed by atoms with Crippen LogP contribution in [0.4, 0.5) is 4.39 Å². The third-order valence-corrected chi connectivity index (χ3v) is 7.45. The largest absolute Gasteiger partial charge is 0.496 e. The van der Waals surface area contributed by atoms with Gasteiger partial charge in [-0.15, -0.1) is 0 Å². The van der Waals surface area contributed by atoms with Crippen LogP contribution in [0.2, 0.25) is 0 Å². The molecule has 3 aromatic rings. The van der Waals surface area contributed by atoms with E-state index in [-0.39, 0.29) is 17.3 Å². The Morgan fingerprint density at radius 3 is 1.97 bits per heavy atom. The summed E-state index contributed by atoms with van der Waals surface area (Å²) in [5.74, 6) is 0.687. The number of nitrogens with one attached hydrogen (secondary N) is 1. The SMILES string of the molecule is COc1ccccc1[C@]1(F)CCC(c2ccccc2)(c2ccccc2)[C@H]2CNC[C@H]21. The molecule has 5 rings (SSSR count). The van der Waals surface area contributed by atoms with Gasteiger partial charge in [0.25, 0.3) is 0 Å². The molecule has 0 radical (unpaired) electrons. The smallest absolute Gasteiger partial charge is 0.144 e. The van der Waals surface area contributed by atoms with Gasteiger partial charge in [-0.2, -0.15) is 0 Å². The van der Waals surface area contributed by atoms with Gasteiger partial charge in [-0.1, -0.05) is 78.9 Å². The molecule has 1 saturated carbocycles. The van der Waals surface area contributed by atoms with Gasteiger partial charge in [0.15, 0.2) is 0 Å². The average molecular weight is 402 g/mol. The lowest BCUT2D eigenvalue weighted by Crippen LogP contribution is -2.52. The van der Waals surface area contributed by atoms with E-state index in [0.717, 1.165) is 13.0 Å². The van der Waals surface area contributed by atoms with Crippen LogP contribution in [0.25, 0.3) is 0 Å². The van der Waals surface area contributed by atoms with Crippen molar-refractivity contribution in [3.8, 4) is 5.75 Å². The third kappa shape index (κ3) is 2.79. The summed E-state index contributed by atoms with van der Waals surface area (Å²) in [7, 11) is 1.63. The van der Waals surface area contributed by atoms with Crippen LogP contribution >= 0.6 is 0 Å². The van der Waals surface area contributed by atoms with Gasteiger partial charge in [0.1, 0.15) is 11.4 Å². The van der Waals surface area contributed by atoms with Crippen molar-refractivity contribution in [2.45, 2.75) is 23.9 Å². The Morgan fingerprint density at radius 2 is 1.33 bits per heavy atom.